The van der Waals surface area contributed by atoms with E-state index in [9.17, 15) is 9.59 Å². The van der Waals surface area contributed by atoms with Crippen LogP contribution in [0, 0.1) is 6.92 Å². The van der Waals surface area contributed by atoms with Crippen molar-refractivity contribution in [3.63, 3.8) is 0 Å². The summed E-state index contributed by atoms with van der Waals surface area (Å²) in [4.78, 5) is 23.4. The van der Waals surface area contributed by atoms with E-state index in [1.165, 1.54) is 7.11 Å². The van der Waals surface area contributed by atoms with E-state index in [1.807, 2.05) is 19.2 Å². The van der Waals surface area contributed by atoms with E-state index in [1.54, 1.807) is 29.1 Å². The lowest BCUT2D eigenvalue weighted by molar-refractivity contribution is -0.139. The second-order valence-electron chi connectivity index (χ2n) is 5.10. The smallest absolute Gasteiger partial charge is 0.326 e. The highest BCUT2D eigenvalue weighted by molar-refractivity contribution is 5.97. The van der Waals surface area contributed by atoms with Gasteiger partial charge in [0.2, 0.25) is 0 Å². The second-order valence-corrected chi connectivity index (χ2v) is 5.10. The molecule has 0 spiro atoms. The number of benzene rings is 1. The lowest BCUT2D eigenvalue weighted by Crippen LogP contribution is -2.41. The Hall–Kier alpha value is -2.67. The SMILES string of the molecule is COCCC(NC(=O)c1ccc(-n2cccn2)c(C)c1)C(=O)O. The van der Waals surface area contributed by atoms with E-state index in [0.29, 0.717) is 5.56 Å². The highest BCUT2D eigenvalue weighted by Gasteiger charge is 2.20. The zero-order valence-corrected chi connectivity index (χ0v) is 13.0. The topological polar surface area (TPSA) is 93.5 Å². The van der Waals surface area contributed by atoms with Gasteiger partial charge in [-0.1, -0.05) is 0 Å². The van der Waals surface area contributed by atoms with Gasteiger partial charge in [-0.15, -0.1) is 0 Å². The Bertz CT molecular complexity index is 683. The van der Waals surface area contributed by atoms with Gasteiger partial charge in [0, 0.05) is 38.1 Å². The molecule has 23 heavy (non-hydrogen) atoms. The van der Waals surface area contributed by atoms with Gasteiger partial charge in [0.1, 0.15) is 6.04 Å². The third-order valence-electron chi connectivity index (χ3n) is 3.42. The predicted octanol–water partition coefficient (Wildman–Crippen LogP) is 1.40. The van der Waals surface area contributed by atoms with E-state index in [4.69, 9.17) is 9.84 Å². The van der Waals surface area contributed by atoms with Gasteiger partial charge in [-0.3, -0.25) is 4.79 Å². The molecular formula is C16H19N3O4. The van der Waals surface area contributed by atoms with Crippen molar-refractivity contribution in [3.05, 3.63) is 47.8 Å². The van der Waals surface area contributed by atoms with Gasteiger partial charge in [-0.05, 0) is 36.8 Å². The predicted molar refractivity (Wildman–Crippen MR) is 83.7 cm³/mol. The summed E-state index contributed by atoms with van der Waals surface area (Å²) in [5.74, 6) is -1.51. The van der Waals surface area contributed by atoms with Crippen LogP contribution in [-0.4, -0.2) is 46.5 Å². The van der Waals surface area contributed by atoms with Crippen molar-refractivity contribution in [1.29, 1.82) is 0 Å². The molecular weight excluding hydrogens is 298 g/mol. The van der Waals surface area contributed by atoms with E-state index < -0.39 is 17.9 Å². The van der Waals surface area contributed by atoms with Crippen LogP contribution in [0.25, 0.3) is 5.69 Å². The van der Waals surface area contributed by atoms with Gasteiger partial charge in [-0.2, -0.15) is 5.10 Å². The quantitative estimate of drug-likeness (QED) is 0.805. The molecule has 0 aliphatic carbocycles. The zero-order valence-electron chi connectivity index (χ0n) is 13.0. The van der Waals surface area contributed by atoms with Crippen molar-refractivity contribution in [2.75, 3.05) is 13.7 Å². The minimum atomic E-state index is -1.08. The first-order chi connectivity index (χ1) is 11.0. The van der Waals surface area contributed by atoms with Crippen LogP contribution in [0.15, 0.2) is 36.7 Å². The van der Waals surface area contributed by atoms with Crippen molar-refractivity contribution >= 4 is 11.9 Å². The number of carbonyl (C=O) groups excluding carboxylic acids is 1. The number of amides is 1. The Kier molecular flexibility index (Phi) is 5.48. The number of carboxylic acid groups (broad SMARTS) is 1. The standard InChI is InChI=1S/C16H19N3O4/c1-11-10-12(4-5-14(11)19-8-3-7-17-19)15(20)18-13(16(21)22)6-9-23-2/h3-5,7-8,10,13H,6,9H2,1-2H3,(H,18,20)(H,21,22). The average Bonchev–Trinajstić information content (AvgIpc) is 3.04. The lowest BCUT2D eigenvalue weighted by atomic mass is 10.1. The fourth-order valence-corrected chi connectivity index (χ4v) is 2.20. The molecule has 1 heterocycles. The maximum atomic E-state index is 12.2. The summed E-state index contributed by atoms with van der Waals surface area (Å²) < 4.78 is 6.57. The van der Waals surface area contributed by atoms with Crippen molar-refractivity contribution in [3.8, 4) is 5.69 Å². The molecule has 2 aromatic rings. The molecule has 1 aromatic heterocycles. The summed E-state index contributed by atoms with van der Waals surface area (Å²) in [6.07, 6.45) is 3.70. The molecule has 1 atom stereocenters. The Balaban J connectivity index is 2.13. The first-order valence-electron chi connectivity index (χ1n) is 7.16. The highest BCUT2D eigenvalue weighted by atomic mass is 16.5. The van der Waals surface area contributed by atoms with Gasteiger partial charge in [-0.25, -0.2) is 9.48 Å². The summed E-state index contributed by atoms with van der Waals surface area (Å²) >= 11 is 0. The fraction of sp³-hybridized carbons (Fsp3) is 0.312. The molecule has 0 aliphatic rings. The Morgan fingerprint density at radius 1 is 1.43 bits per heavy atom. The van der Waals surface area contributed by atoms with E-state index >= 15 is 0 Å². The Morgan fingerprint density at radius 2 is 2.22 bits per heavy atom. The first kappa shape index (κ1) is 16.7. The number of aromatic nitrogens is 2. The van der Waals surface area contributed by atoms with Crippen molar-refractivity contribution in [2.24, 2.45) is 0 Å². The first-order valence-corrected chi connectivity index (χ1v) is 7.16. The van der Waals surface area contributed by atoms with Gasteiger partial charge in [0.25, 0.3) is 5.91 Å². The van der Waals surface area contributed by atoms with Crippen LogP contribution >= 0.6 is 0 Å². The van der Waals surface area contributed by atoms with Crippen LogP contribution in [0.3, 0.4) is 0 Å². The van der Waals surface area contributed by atoms with Crippen LogP contribution in [0.5, 0.6) is 0 Å². The molecule has 0 saturated heterocycles. The average molecular weight is 317 g/mol. The summed E-state index contributed by atoms with van der Waals surface area (Å²) in [5, 5.41) is 15.8. The maximum absolute atomic E-state index is 12.2. The third kappa shape index (κ3) is 4.17. The molecule has 122 valence electrons. The molecule has 0 bridgehead atoms. The fourth-order valence-electron chi connectivity index (χ4n) is 2.20. The molecule has 1 amide bonds. The summed E-state index contributed by atoms with van der Waals surface area (Å²) in [6, 6.07) is 5.97. The Labute approximate surface area is 133 Å². The number of ether oxygens (including phenoxy) is 1. The van der Waals surface area contributed by atoms with Crippen LogP contribution in [-0.2, 0) is 9.53 Å². The van der Waals surface area contributed by atoms with Crippen molar-refractivity contribution in [2.45, 2.75) is 19.4 Å². The highest BCUT2D eigenvalue weighted by Crippen LogP contribution is 2.15. The van der Waals surface area contributed by atoms with Crippen LogP contribution in [0.4, 0.5) is 0 Å². The number of aryl methyl sites for hydroxylation is 1. The molecule has 7 heteroatoms. The van der Waals surface area contributed by atoms with Gasteiger partial charge in [0.15, 0.2) is 0 Å². The van der Waals surface area contributed by atoms with Crippen LogP contribution < -0.4 is 5.32 Å². The molecule has 7 nitrogen and oxygen atoms in total. The van der Waals surface area contributed by atoms with Gasteiger partial charge >= 0.3 is 5.97 Å². The normalized spacial score (nSPS) is 11.9. The number of carboxylic acids is 1. The van der Waals surface area contributed by atoms with Crippen LogP contribution in [0.2, 0.25) is 0 Å². The molecule has 0 fully saturated rings. The number of rotatable bonds is 7. The number of aliphatic carboxylic acids is 1. The van der Waals surface area contributed by atoms with Crippen molar-refractivity contribution in [1.82, 2.24) is 15.1 Å². The zero-order chi connectivity index (χ0) is 16.8. The number of nitrogens with one attached hydrogen (secondary N) is 1. The number of hydrogen-bond donors (Lipinski definition) is 2. The molecule has 2 N–H and O–H groups in total. The minimum Gasteiger partial charge on any atom is -0.480 e. The van der Waals surface area contributed by atoms with E-state index in [0.717, 1.165) is 11.3 Å². The molecule has 0 radical (unpaired) electrons. The Morgan fingerprint density at radius 3 is 2.78 bits per heavy atom. The molecule has 0 aliphatic heterocycles. The van der Waals surface area contributed by atoms with Crippen molar-refractivity contribution < 1.29 is 19.4 Å². The molecule has 1 aromatic carbocycles. The summed E-state index contributed by atoms with van der Waals surface area (Å²) in [6.45, 7) is 2.13. The molecule has 2 rings (SSSR count). The monoisotopic (exact) mass is 317 g/mol. The number of methoxy groups -OCH3 is 1. The van der Waals surface area contributed by atoms with E-state index in [2.05, 4.69) is 10.4 Å². The van der Waals surface area contributed by atoms with E-state index in [-0.39, 0.29) is 13.0 Å². The molecule has 0 saturated carbocycles. The second kappa shape index (κ2) is 7.55. The maximum Gasteiger partial charge on any atom is 0.326 e. The third-order valence-corrected chi connectivity index (χ3v) is 3.42. The minimum absolute atomic E-state index is 0.210. The van der Waals surface area contributed by atoms with Gasteiger partial charge in [0.05, 0.1) is 5.69 Å². The lowest BCUT2D eigenvalue weighted by Gasteiger charge is -2.15. The molecule has 1 unspecified atom stereocenters. The number of hydrogen-bond acceptors (Lipinski definition) is 4. The summed E-state index contributed by atoms with van der Waals surface area (Å²) in [5.41, 5.74) is 2.13. The summed E-state index contributed by atoms with van der Waals surface area (Å²) in [7, 11) is 1.48. The van der Waals surface area contributed by atoms with Gasteiger partial charge < -0.3 is 15.2 Å². The van der Waals surface area contributed by atoms with Crippen LogP contribution in [0.1, 0.15) is 22.3 Å². The number of nitrogens with zero attached hydrogens (tertiary/aromatic N) is 2. The largest absolute Gasteiger partial charge is 0.480 e. The number of carbonyl (C=O) groups is 2.